The highest BCUT2D eigenvalue weighted by molar-refractivity contribution is 5.12. The van der Waals surface area contributed by atoms with Crippen LogP contribution >= 0.6 is 0 Å². The second-order valence-electron chi connectivity index (χ2n) is 26.0. The van der Waals surface area contributed by atoms with E-state index in [1.807, 2.05) is 0 Å². The molecule has 8 saturated carbocycles. The topological polar surface area (TPSA) is 77.4 Å². The van der Waals surface area contributed by atoms with Crippen molar-refractivity contribution in [2.24, 2.45) is 105 Å². The Bertz CT molecular complexity index is 1340. The second kappa shape index (κ2) is 17.5. The van der Waals surface area contributed by atoms with Gasteiger partial charge in [-0.25, -0.2) is 20.3 Å². The number of hydrogen-bond acceptors (Lipinski definition) is 6. The Balaban J connectivity index is 0.878. The molecule has 346 valence electrons. The van der Waals surface area contributed by atoms with Gasteiger partial charge < -0.3 is 0 Å². The molecule has 0 bridgehead atoms. The highest BCUT2D eigenvalue weighted by Gasteiger charge is 2.65. The van der Waals surface area contributed by atoms with Crippen LogP contribution in [0.1, 0.15) is 223 Å². The van der Waals surface area contributed by atoms with Crippen molar-refractivity contribution in [1.29, 1.82) is 0 Å². The molecule has 0 aliphatic heterocycles. The summed E-state index contributed by atoms with van der Waals surface area (Å²) < 4.78 is 0. The maximum atomic E-state index is 10.6. The molecule has 18 atom stereocenters. The first-order chi connectivity index (χ1) is 28.5. The first kappa shape index (κ1) is 46.3. The molecule has 6 nitrogen and oxygen atoms in total. The van der Waals surface area contributed by atoms with E-state index in [1.54, 1.807) is 0 Å². The van der Waals surface area contributed by atoms with Gasteiger partial charge in [-0.05, 0) is 194 Å². The quantitative estimate of drug-likeness (QED) is 0.0972. The van der Waals surface area contributed by atoms with Crippen LogP contribution in [-0.2, 0) is 19.6 Å². The Labute approximate surface area is 368 Å². The molecule has 0 saturated heterocycles. The lowest BCUT2D eigenvalue weighted by atomic mass is 9.44. The molecule has 8 aliphatic rings. The standard InChI is InChI=1S/C54H94O6/c1-35(2)13-11-15-37(5)43-21-23-45-41-19-17-39-33-53(57-55,31-29-49(39,7)47(41)25-27-51(43,45)9)59-60-54(58-56)32-30-50(8)40(34-54)18-20-42-46-24-22-44(38(6)16-12-14-36(3)4)52(46,10)28-26-48(42)50/h35-48,55-56H,11-34H2,1-10H3/t37-,38-,39-,40-,41+,42+,43-,44-,45+,46+,47+,48+,49+,50+,51-,52-,53-,54+/m1/s1. The molecule has 0 aromatic rings. The Morgan fingerprint density at radius 3 is 1.18 bits per heavy atom. The predicted octanol–water partition coefficient (Wildman–Crippen LogP) is 15.5. The molecule has 0 radical (unpaired) electrons. The van der Waals surface area contributed by atoms with Gasteiger partial charge in [-0.3, -0.25) is 0 Å². The van der Waals surface area contributed by atoms with E-state index in [0.717, 1.165) is 96.7 Å². The maximum absolute atomic E-state index is 10.6. The van der Waals surface area contributed by atoms with Gasteiger partial charge in [0.2, 0.25) is 11.6 Å². The van der Waals surface area contributed by atoms with Crippen molar-refractivity contribution in [3.8, 4) is 0 Å². The molecule has 2 N–H and O–H groups in total. The summed E-state index contributed by atoms with van der Waals surface area (Å²) in [6, 6.07) is 0. The molecule has 8 fully saturated rings. The highest BCUT2D eigenvalue weighted by Crippen LogP contribution is 2.71. The number of rotatable bonds is 15. The molecular formula is C54H94O6. The Morgan fingerprint density at radius 2 is 0.817 bits per heavy atom. The van der Waals surface area contributed by atoms with Crippen LogP contribution in [0, 0.1) is 105 Å². The van der Waals surface area contributed by atoms with Gasteiger partial charge in [-0.15, -0.1) is 0 Å². The monoisotopic (exact) mass is 839 g/mol. The lowest BCUT2D eigenvalue weighted by Crippen LogP contribution is -2.58. The van der Waals surface area contributed by atoms with E-state index < -0.39 is 11.6 Å². The maximum Gasteiger partial charge on any atom is 0.234 e. The Hall–Kier alpha value is -0.240. The van der Waals surface area contributed by atoms with E-state index in [9.17, 15) is 10.5 Å². The average Bonchev–Trinajstić information content (AvgIpc) is 3.77. The van der Waals surface area contributed by atoms with E-state index in [4.69, 9.17) is 19.6 Å². The first-order valence-corrected chi connectivity index (χ1v) is 26.5. The van der Waals surface area contributed by atoms with E-state index in [1.165, 1.54) is 103 Å². The van der Waals surface area contributed by atoms with Crippen LogP contribution in [0.15, 0.2) is 0 Å². The third kappa shape index (κ3) is 7.97. The Kier molecular flexibility index (Phi) is 13.5. The lowest BCUT2D eigenvalue weighted by molar-refractivity contribution is -0.583. The van der Waals surface area contributed by atoms with Gasteiger partial charge in [0.1, 0.15) is 0 Å². The van der Waals surface area contributed by atoms with Crippen LogP contribution in [0.2, 0.25) is 0 Å². The summed E-state index contributed by atoms with van der Waals surface area (Å²) in [6.45, 7) is 25.2. The lowest BCUT2D eigenvalue weighted by Gasteiger charge is -2.62. The largest absolute Gasteiger partial charge is 0.249 e. The van der Waals surface area contributed by atoms with Gasteiger partial charge in [0.05, 0.1) is 0 Å². The fraction of sp³-hybridized carbons (Fsp3) is 1.00. The zero-order valence-corrected chi connectivity index (χ0v) is 40.6. The fourth-order valence-electron chi connectivity index (χ4n) is 18.9. The van der Waals surface area contributed by atoms with Crippen LogP contribution in [0.25, 0.3) is 0 Å². The van der Waals surface area contributed by atoms with Crippen molar-refractivity contribution >= 4 is 0 Å². The van der Waals surface area contributed by atoms with Crippen LogP contribution in [-0.4, -0.2) is 22.1 Å². The third-order valence-corrected chi connectivity index (χ3v) is 22.4. The molecule has 0 heterocycles. The molecule has 60 heavy (non-hydrogen) atoms. The van der Waals surface area contributed by atoms with Crippen molar-refractivity contribution < 1.29 is 30.1 Å². The van der Waals surface area contributed by atoms with Crippen LogP contribution in [0.5, 0.6) is 0 Å². The molecule has 0 unspecified atom stereocenters. The highest BCUT2D eigenvalue weighted by atomic mass is 17.3. The van der Waals surface area contributed by atoms with Crippen molar-refractivity contribution in [3.05, 3.63) is 0 Å². The normalized spacial score (nSPS) is 49.7. The van der Waals surface area contributed by atoms with Crippen molar-refractivity contribution in [1.82, 2.24) is 0 Å². The van der Waals surface area contributed by atoms with Crippen molar-refractivity contribution in [2.75, 3.05) is 0 Å². The number of hydrogen-bond donors (Lipinski definition) is 2. The summed E-state index contributed by atoms with van der Waals surface area (Å²) >= 11 is 0. The minimum absolute atomic E-state index is 0.217. The molecule has 0 amide bonds. The zero-order valence-electron chi connectivity index (χ0n) is 40.6. The summed E-state index contributed by atoms with van der Waals surface area (Å²) in [5, 5.41) is 21.3. The molecule has 8 rings (SSSR count). The summed E-state index contributed by atoms with van der Waals surface area (Å²) in [7, 11) is 0. The average molecular weight is 839 g/mol. The van der Waals surface area contributed by atoms with Crippen LogP contribution < -0.4 is 0 Å². The first-order valence-electron chi connectivity index (χ1n) is 26.5. The fourth-order valence-corrected chi connectivity index (χ4v) is 18.9. The van der Waals surface area contributed by atoms with Gasteiger partial charge in [0.15, 0.2) is 0 Å². The molecule has 8 aliphatic carbocycles. The van der Waals surface area contributed by atoms with Gasteiger partial charge in [0, 0.05) is 25.7 Å². The minimum Gasteiger partial charge on any atom is -0.249 e. The van der Waals surface area contributed by atoms with Gasteiger partial charge in [0.25, 0.3) is 0 Å². The Morgan fingerprint density at radius 1 is 0.433 bits per heavy atom. The minimum atomic E-state index is -1.23. The molecule has 6 heteroatoms. The van der Waals surface area contributed by atoms with Crippen molar-refractivity contribution in [2.45, 2.75) is 235 Å². The molecule has 0 spiro atoms. The summed E-state index contributed by atoms with van der Waals surface area (Å²) in [4.78, 5) is 23.5. The van der Waals surface area contributed by atoms with E-state index in [2.05, 4.69) is 69.2 Å². The molecule has 0 aromatic carbocycles. The predicted molar refractivity (Wildman–Crippen MR) is 241 cm³/mol. The van der Waals surface area contributed by atoms with E-state index in [0.29, 0.717) is 48.3 Å². The third-order valence-electron chi connectivity index (χ3n) is 22.4. The molecular weight excluding hydrogens is 745 g/mol. The van der Waals surface area contributed by atoms with Crippen LogP contribution in [0.4, 0.5) is 0 Å². The smallest absolute Gasteiger partial charge is 0.234 e. The summed E-state index contributed by atoms with van der Waals surface area (Å²) in [5.74, 6) is 8.16. The summed E-state index contributed by atoms with van der Waals surface area (Å²) in [6.07, 6.45) is 28.7. The van der Waals surface area contributed by atoms with Crippen LogP contribution in [0.3, 0.4) is 0 Å². The van der Waals surface area contributed by atoms with Gasteiger partial charge >= 0.3 is 0 Å². The zero-order chi connectivity index (χ0) is 42.9. The van der Waals surface area contributed by atoms with Gasteiger partial charge in [-0.2, -0.15) is 9.78 Å². The SMILES string of the molecule is CC(C)CCC[C@@H](C)[C@H]1CC[C@H]2[C@@H]3CC[C@@H]4C[C@@](OO)(OO[C@]5(OO)CC[C@@]6(C)[C@H](CC[C@@H]7[C@@H]6CC[C@]6(C)[C@@H]([C@H](C)CCCC(C)C)CC[C@@H]76)C5)CC[C@]4(C)[C@H]3CC[C@]12C. The second-order valence-corrected chi connectivity index (χ2v) is 26.0. The van der Waals surface area contributed by atoms with E-state index >= 15 is 0 Å². The van der Waals surface area contributed by atoms with E-state index in [-0.39, 0.29) is 10.8 Å². The summed E-state index contributed by atoms with van der Waals surface area (Å²) in [5.41, 5.74) is 1.41. The van der Waals surface area contributed by atoms with Gasteiger partial charge in [-0.1, -0.05) is 108 Å². The van der Waals surface area contributed by atoms with Crippen molar-refractivity contribution in [3.63, 3.8) is 0 Å². The molecule has 0 aromatic heterocycles. The number of fused-ring (bicyclic) bond motifs is 10.